The van der Waals surface area contributed by atoms with E-state index in [0.29, 0.717) is 17.5 Å². The molecule has 124 valence electrons. The minimum atomic E-state index is 0.0656. The van der Waals surface area contributed by atoms with Crippen LogP contribution in [0, 0.1) is 11.8 Å². The Morgan fingerprint density at radius 1 is 1.26 bits per heavy atom. The number of piperidine rings is 1. The molecule has 4 heterocycles. The minimum Gasteiger partial charge on any atom is -0.376 e. The predicted octanol–water partition coefficient (Wildman–Crippen LogP) is 1.65. The molecular formula is C18H25N3O2. The highest BCUT2D eigenvalue weighted by molar-refractivity contribution is 5.92. The topological polar surface area (TPSA) is 45.7 Å². The normalized spacial score (nSPS) is 31.3. The molecule has 0 unspecified atom stereocenters. The lowest BCUT2D eigenvalue weighted by Crippen LogP contribution is -2.47. The van der Waals surface area contributed by atoms with Gasteiger partial charge in [0.1, 0.15) is 5.69 Å². The van der Waals surface area contributed by atoms with E-state index in [1.54, 1.807) is 12.3 Å². The number of aromatic nitrogens is 1. The van der Waals surface area contributed by atoms with Gasteiger partial charge in [-0.2, -0.15) is 0 Å². The molecule has 3 atom stereocenters. The van der Waals surface area contributed by atoms with Gasteiger partial charge in [0.2, 0.25) is 0 Å². The summed E-state index contributed by atoms with van der Waals surface area (Å²) in [4.78, 5) is 21.4. The van der Waals surface area contributed by atoms with Crippen molar-refractivity contribution in [2.75, 3.05) is 39.3 Å². The van der Waals surface area contributed by atoms with E-state index in [-0.39, 0.29) is 12.0 Å². The van der Waals surface area contributed by atoms with Gasteiger partial charge in [0.05, 0.1) is 12.7 Å². The van der Waals surface area contributed by atoms with Gasteiger partial charge in [0, 0.05) is 31.7 Å². The smallest absolute Gasteiger partial charge is 0.272 e. The van der Waals surface area contributed by atoms with E-state index in [2.05, 4.69) is 9.88 Å². The maximum atomic E-state index is 12.7. The summed E-state index contributed by atoms with van der Waals surface area (Å²) in [7, 11) is 0. The second-order valence-corrected chi connectivity index (χ2v) is 7.06. The van der Waals surface area contributed by atoms with Gasteiger partial charge in [-0.3, -0.25) is 9.78 Å². The van der Waals surface area contributed by atoms with E-state index in [1.807, 2.05) is 17.0 Å². The molecule has 4 rings (SSSR count). The van der Waals surface area contributed by atoms with Gasteiger partial charge in [-0.1, -0.05) is 6.07 Å². The lowest BCUT2D eigenvalue weighted by atomic mass is 9.84. The van der Waals surface area contributed by atoms with Crippen LogP contribution in [-0.2, 0) is 4.74 Å². The van der Waals surface area contributed by atoms with Crippen LogP contribution in [-0.4, -0.2) is 66.1 Å². The van der Waals surface area contributed by atoms with Crippen molar-refractivity contribution >= 4 is 5.91 Å². The molecule has 23 heavy (non-hydrogen) atoms. The summed E-state index contributed by atoms with van der Waals surface area (Å²) in [5.74, 6) is 1.17. The largest absolute Gasteiger partial charge is 0.376 e. The zero-order valence-corrected chi connectivity index (χ0v) is 13.6. The standard InChI is InChI=1S/C18H25N3O2/c22-18(16-5-1-2-7-19-16)21-10-6-14-13-23-17(15(14)11-21)12-20-8-3-4-9-20/h1-2,5,7,14-15,17H,3-4,6,8-13H2/t14-,15-,17+/m1/s1. The molecule has 3 fully saturated rings. The van der Waals surface area contributed by atoms with Crippen molar-refractivity contribution in [3.05, 3.63) is 30.1 Å². The highest BCUT2D eigenvalue weighted by atomic mass is 16.5. The molecule has 3 aliphatic rings. The van der Waals surface area contributed by atoms with Gasteiger partial charge in [0.15, 0.2) is 0 Å². The summed E-state index contributed by atoms with van der Waals surface area (Å²) < 4.78 is 6.10. The highest BCUT2D eigenvalue weighted by Gasteiger charge is 2.42. The van der Waals surface area contributed by atoms with Crippen LogP contribution >= 0.6 is 0 Å². The maximum absolute atomic E-state index is 12.7. The quantitative estimate of drug-likeness (QED) is 0.851. The molecule has 5 nitrogen and oxygen atoms in total. The van der Waals surface area contributed by atoms with E-state index in [4.69, 9.17) is 4.74 Å². The summed E-state index contributed by atoms with van der Waals surface area (Å²) in [5, 5.41) is 0. The van der Waals surface area contributed by atoms with Crippen molar-refractivity contribution in [1.29, 1.82) is 0 Å². The van der Waals surface area contributed by atoms with E-state index >= 15 is 0 Å². The Morgan fingerprint density at radius 2 is 2.13 bits per heavy atom. The average Bonchev–Trinajstić information content (AvgIpc) is 3.25. The highest BCUT2D eigenvalue weighted by Crippen LogP contribution is 2.35. The third-order valence-electron chi connectivity index (χ3n) is 5.62. The fourth-order valence-electron chi connectivity index (χ4n) is 4.27. The first-order valence-electron chi connectivity index (χ1n) is 8.85. The third-order valence-corrected chi connectivity index (χ3v) is 5.62. The molecule has 0 bridgehead atoms. The number of rotatable bonds is 3. The van der Waals surface area contributed by atoms with Crippen LogP contribution in [0.15, 0.2) is 24.4 Å². The molecule has 0 saturated carbocycles. The van der Waals surface area contributed by atoms with Crippen molar-refractivity contribution in [1.82, 2.24) is 14.8 Å². The molecular weight excluding hydrogens is 290 g/mol. The van der Waals surface area contributed by atoms with Gasteiger partial charge < -0.3 is 14.5 Å². The first-order valence-corrected chi connectivity index (χ1v) is 8.85. The first-order chi connectivity index (χ1) is 11.3. The van der Waals surface area contributed by atoms with Crippen LogP contribution in [0.5, 0.6) is 0 Å². The zero-order valence-electron chi connectivity index (χ0n) is 13.6. The number of hydrogen-bond acceptors (Lipinski definition) is 4. The van der Waals surface area contributed by atoms with Gasteiger partial charge in [-0.15, -0.1) is 0 Å². The Morgan fingerprint density at radius 3 is 2.91 bits per heavy atom. The van der Waals surface area contributed by atoms with Crippen LogP contribution in [0.1, 0.15) is 29.8 Å². The van der Waals surface area contributed by atoms with Crippen LogP contribution in [0.2, 0.25) is 0 Å². The average molecular weight is 315 g/mol. The number of nitrogens with zero attached hydrogens (tertiary/aromatic N) is 3. The molecule has 1 aromatic rings. The van der Waals surface area contributed by atoms with Crippen LogP contribution < -0.4 is 0 Å². The molecule has 5 heteroatoms. The number of carbonyl (C=O) groups excluding carboxylic acids is 1. The monoisotopic (exact) mass is 315 g/mol. The maximum Gasteiger partial charge on any atom is 0.272 e. The summed E-state index contributed by atoms with van der Waals surface area (Å²) in [5.41, 5.74) is 0.556. The minimum absolute atomic E-state index is 0.0656. The van der Waals surface area contributed by atoms with E-state index in [9.17, 15) is 4.79 Å². The fraction of sp³-hybridized carbons (Fsp3) is 0.667. The lowest BCUT2D eigenvalue weighted by Gasteiger charge is -2.36. The van der Waals surface area contributed by atoms with E-state index in [1.165, 1.54) is 25.9 Å². The molecule has 1 amide bonds. The van der Waals surface area contributed by atoms with Gasteiger partial charge in [-0.05, 0) is 50.4 Å². The Kier molecular flexibility index (Phi) is 4.31. The molecule has 1 aromatic heterocycles. The van der Waals surface area contributed by atoms with Gasteiger partial charge in [0.25, 0.3) is 5.91 Å². The first kappa shape index (κ1) is 15.1. The van der Waals surface area contributed by atoms with Crippen LogP contribution in [0.4, 0.5) is 0 Å². The number of carbonyl (C=O) groups is 1. The summed E-state index contributed by atoms with van der Waals surface area (Å²) in [6, 6.07) is 5.53. The summed E-state index contributed by atoms with van der Waals surface area (Å²) in [6.45, 7) is 5.96. The second-order valence-electron chi connectivity index (χ2n) is 7.06. The van der Waals surface area contributed by atoms with Crippen molar-refractivity contribution < 1.29 is 9.53 Å². The molecule has 0 radical (unpaired) electrons. The number of fused-ring (bicyclic) bond motifs is 1. The number of ether oxygens (including phenoxy) is 1. The zero-order chi connectivity index (χ0) is 15.6. The SMILES string of the molecule is O=C(c1ccccn1)N1CC[C@@H]2CO[C@@H](CN3CCCC3)[C@@H]2C1. The molecule has 0 aromatic carbocycles. The van der Waals surface area contributed by atoms with Crippen molar-refractivity contribution in [2.24, 2.45) is 11.8 Å². The Balaban J connectivity index is 1.42. The summed E-state index contributed by atoms with van der Waals surface area (Å²) in [6.07, 6.45) is 5.66. The number of hydrogen-bond donors (Lipinski definition) is 0. The van der Waals surface area contributed by atoms with Crippen LogP contribution in [0.25, 0.3) is 0 Å². The second kappa shape index (κ2) is 6.57. The molecule has 0 aliphatic carbocycles. The van der Waals surface area contributed by atoms with E-state index in [0.717, 1.165) is 32.7 Å². The van der Waals surface area contributed by atoms with Crippen molar-refractivity contribution in [3.8, 4) is 0 Å². The molecule has 0 N–H and O–H groups in total. The fourth-order valence-corrected chi connectivity index (χ4v) is 4.27. The molecule has 0 spiro atoms. The van der Waals surface area contributed by atoms with E-state index < -0.39 is 0 Å². The Labute approximate surface area is 137 Å². The molecule has 3 saturated heterocycles. The van der Waals surface area contributed by atoms with Gasteiger partial charge >= 0.3 is 0 Å². The lowest BCUT2D eigenvalue weighted by molar-refractivity contribution is 0.0433. The number of amides is 1. The number of likely N-dealkylation sites (tertiary alicyclic amines) is 2. The summed E-state index contributed by atoms with van der Waals surface area (Å²) >= 11 is 0. The predicted molar refractivity (Wildman–Crippen MR) is 87.2 cm³/mol. The molecule has 3 aliphatic heterocycles. The van der Waals surface area contributed by atoms with Crippen molar-refractivity contribution in [2.45, 2.75) is 25.4 Å². The van der Waals surface area contributed by atoms with Gasteiger partial charge in [-0.25, -0.2) is 0 Å². The Hall–Kier alpha value is -1.46. The Bertz CT molecular complexity index is 544. The number of pyridine rings is 1. The third kappa shape index (κ3) is 3.12. The van der Waals surface area contributed by atoms with Crippen molar-refractivity contribution in [3.63, 3.8) is 0 Å². The van der Waals surface area contributed by atoms with Crippen LogP contribution in [0.3, 0.4) is 0 Å².